The first-order valence-electron chi connectivity index (χ1n) is 3.34. The van der Waals surface area contributed by atoms with Gasteiger partial charge in [0, 0.05) is 12.6 Å². The first-order valence-corrected chi connectivity index (χ1v) is 4.51. The second kappa shape index (κ2) is 6.81. The highest BCUT2D eigenvalue weighted by atomic mass is 32.2. The maximum Gasteiger partial charge on any atom is 0.330 e. The van der Waals surface area contributed by atoms with Crippen LogP contribution in [-0.4, -0.2) is 27.5 Å². The lowest BCUT2D eigenvalue weighted by Crippen LogP contribution is -2.15. The third-order valence-electron chi connectivity index (χ3n) is 0.973. The van der Waals surface area contributed by atoms with Crippen molar-refractivity contribution < 1.29 is 17.9 Å². The van der Waals surface area contributed by atoms with Crippen LogP contribution in [0.3, 0.4) is 0 Å². The number of thiol groups is 1. The molecule has 0 aliphatic carbocycles. The number of rotatable bonds is 6. The minimum Gasteiger partial charge on any atom is -0.462 e. The lowest BCUT2D eigenvalue weighted by molar-refractivity contribution is -0.137. The number of esters is 1. The van der Waals surface area contributed by atoms with Crippen LogP contribution in [-0.2, 0) is 20.4 Å². The fourth-order valence-electron chi connectivity index (χ4n) is 0.474. The van der Waals surface area contributed by atoms with E-state index in [1.165, 1.54) is 0 Å². The Kier molecular flexibility index (Phi) is 6.31. The van der Waals surface area contributed by atoms with E-state index in [4.69, 9.17) is 0 Å². The van der Waals surface area contributed by atoms with Crippen molar-refractivity contribution in [2.45, 2.75) is 6.42 Å². The molecule has 0 aliphatic heterocycles. The van der Waals surface area contributed by atoms with Gasteiger partial charge in [-0.15, -0.1) is 0 Å². The van der Waals surface area contributed by atoms with Crippen LogP contribution >= 0.6 is 0 Å². The van der Waals surface area contributed by atoms with Crippen molar-refractivity contribution in [2.75, 3.05) is 13.2 Å². The van der Waals surface area contributed by atoms with E-state index in [2.05, 4.69) is 16.0 Å². The predicted octanol–water partition coefficient (Wildman–Crippen LogP) is -0.778. The van der Waals surface area contributed by atoms with E-state index in [0.717, 1.165) is 6.08 Å². The number of ether oxygens (including phenoxy) is 1. The molecule has 0 aliphatic rings. The molecule has 0 amide bonds. The molecule has 0 saturated heterocycles. The standard InChI is InChI=1S/C6H11NO4S/c1-2-6(8)11-5-3-4-7-12(9)10/h2,12H,1,3-5H2,(H,7,9,10). The molecule has 0 aromatic carbocycles. The molecule has 1 N–H and O–H groups in total. The van der Waals surface area contributed by atoms with Gasteiger partial charge in [-0.2, -0.15) is 0 Å². The van der Waals surface area contributed by atoms with Gasteiger partial charge in [0.2, 0.25) is 10.9 Å². The Hall–Kier alpha value is -0.880. The Morgan fingerprint density at radius 3 is 2.75 bits per heavy atom. The van der Waals surface area contributed by atoms with E-state index >= 15 is 0 Å². The Labute approximate surface area is 72.5 Å². The van der Waals surface area contributed by atoms with Crippen LogP contribution in [0.15, 0.2) is 12.7 Å². The van der Waals surface area contributed by atoms with Gasteiger partial charge in [0.15, 0.2) is 0 Å². The molecule has 0 aromatic rings. The summed E-state index contributed by atoms with van der Waals surface area (Å²) in [5.41, 5.74) is 0. The summed E-state index contributed by atoms with van der Waals surface area (Å²) in [6, 6.07) is 0. The van der Waals surface area contributed by atoms with Crippen molar-refractivity contribution in [1.82, 2.24) is 4.72 Å². The Morgan fingerprint density at radius 2 is 2.25 bits per heavy atom. The van der Waals surface area contributed by atoms with E-state index in [1.54, 1.807) is 0 Å². The van der Waals surface area contributed by atoms with Crippen molar-refractivity contribution in [3.63, 3.8) is 0 Å². The van der Waals surface area contributed by atoms with Gasteiger partial charge < -0.3 is 4.74 Å². The predicted molar refractivity (Wildman–Crippen MR) is 44.1 cm³/mol. The first kappa shape index (κ1) is 11.1. The fourth-order valence-corrected chi connectivity index (χ4v) is 0.815. The van der Waals surface area contributed by atoms with Crippen LogP contribution < -0.4 is 4.72 Å². The van der Waals surface area contributed by atoms with Crippen molar-refractivity contribution >= 4 is 16.9 Å². The molecular formula is C6H11NO4S. The third kappa shape index (κ3) is 7.23. The fraction of sp³-hybridized carbons (Fsp3) is 0.500. The maximum absolute atomic E-state index is 10.4. The Morgan fingerprint density at radius 1 is 1.58 bits per heavy atom. The minimum atomic E-state index is -2.55. The van der Waals surface area contributed by atoms with Crippen LogP contribution in [0.5, 0.6) is 0 Å². The molecule has 0 rings (SSSR count). The second-order valence-electron chi connectivity index (χ2n) is 1.89. The van der Waals surface area contributed by atoms with Crippen LogP contribution in [0.1, 0.15) is 6.42 Å². The van der Waals surface area contributed by atoms with Crippen LogP contribution in [0.4, 0.5) is 0 Å². The monoisotopic (exact) mass is 193 g/mol. The van der Waals surface area contributed by atoms with Gasteiger partial charge in [-0.25, -0.2) is 17.9 Å². The van der Waals surface area contributed by atoms with Gasteiger partial charge >= 0.3 is 5.97 Å². The van der Waals surface area contributed by atoms with Gasteiger partial charge in [-0.1, -0.05) is 6.58 Å². The zero-order valence-electron chi connectivity index (χ0n) is 6.49. The molecule has 12 heavy (non-hydrogen) atoms. The highest BCUT2D eigenvalue weighted by Gasteiger charge is 1.94. The van der Waals surface area contributed by atoms with Crippen molar-refractivity contribution in [3.8, 4) is 0 Å². The number of carbonyl (C=O) groups is 1. The molecule has 5 nitrogen and oxygen atoms in total. The van der Waals surface area contributed by atoms with Crippen molar-refractivity contribution in [1.29, 1.82) is 0 Å². The summed E-state index contributed by atoms with van der Waals surface area (Å²) in [5, 5.41) is 0. The van der Waals surface area contributed by atoms with E-state index in [1.807, 2.05) is 0 Å². The lowest BCUT2D eigenvalue weighted by Gasteiger charge is -1.99. The summed E-state index contributed by atoms with van der Waals surface area (Å²) in [6.45, 7) is 3.68. The average molecular weight is 193 g/mol. The number of hydrogen-bond acceptors (Lipinski definition) is 4. The molecule has 0 saturated carbocycles. The van der Waals surface area contributed by atoms with E-state index in [9.17, 15) is 13.2 Å². The van der Waals surface area contributed by atoms with Gasteiger partial charge in [0.25, 0.3) is 0 Å². The number of carbonyl (C=O) groups excluding carboxylic acids is 1. The molecule has 0 radical (unpaired) electrons. The molecule has 0 atom stereocenters. The molecule has 0 fully saturated rings. The SMILES string of the molecule is C=CC(=O)OCCCN[SH](=O)=O. The summed E-state index contributed by atoms with van der Waals surface area (Å²) >= 11 is 0. The van der Waals surface area contributed by atoms with E-state index in [-0.39, 0.29) is 13.2 Å². The highest BCUT2D eigenvalue weighted by molar-refractivity contribution is 7.70. The van der Waals surface area contributed by atoms with Crippen LogP contribution in [0.2, 0.25) is 0 Å². The topological polar surface area (TPSA) is 72.5 Å². The lowest BCUT2D eigenvalue weighted by atomic mass is 10.5. The maximum atomic E-state index is 10.4. The zero-order chi connectivity index (χ0) is 9.40. The van der Waals surface area contributed by atoms with Crippen LogP contribution in [0.25, 0.3) is 0 Å². The normalized spacial score (nSPS) is 9.75. The van der Waals surface area contributed by atoms with Gasteiger partial charge in [0.05, 0.1) is 6.61 Å². The third-order valence-corrected chi connectivity index (χ3v) is 1.45. The summed E-state index contributed by atoms with van der Waals surface area (Å²) in [6.07, 6.45) is 1.52. The number of hydrogen-bond donors (Lipinski definition) is 2. The molecule has 70 valence electrons. The second-order valence-corrected chi connectivity index (χ2v) is 2.72. The summed E-state index contributed by atoms with van der Waals surface area (Å²) in [4.78, 5) is 10.4. The van der Waals surface area contributed by atoms with Crippen molar-refractivity contribution in [2.24, 2.45) is 0 Å². The molecule has 0 spiro atoms. The highest BCUT2D eigenvalue weighted by Crippen LogP contribution is 1.82. The molecule has 0 unspecified atom stereocenters. The largest absolute Gasteiger partial charge is 0.462 e. The minimum absolute atomic E-state index is 0.195. The molecule has 0 aromatic heterocycles. The van der Waals surface area contributed by atoms with Gasteiger partial charge in [-0.05, 0) is 6.42 Å². The summed E-state index contributed by atoms with van der Waals surface area (Å²) < 4.78 is 26.7. The van der Waals surface area contributed by atoms with E-state index < -0.39 is 16.9 Å². The molecular weight excluding hydrogens is 182 g/mol. The molecule has 0 bridgehead atoms. The summed E-state index contributed by atoms with van der Waals surface area (Å²) in [5.74, 6) is -0.499. The van der Waals surface area contributed by atoms with Gasteiger partial charge in [0.1, 0.15) is 0 Å². The summed E-state index contributed by atoms with van der Waals surface area (Å²) in [7, 11) is -2.55. The average Bonchev–Trinajstić information content (AvgIpc) is 2.03. The van der Waals surface area contributed by atoms with Gasteiger partial charge in [-0.3, -0.25) is 0 Å². The first-order chi connectivity index (χ1) is 5.66. The quantitative estimate of drug-likeness (QED) is 0.251. The molecule has 0 heterocycles. The smallest absolute Gasteiger partial charge is 0.330 e. The Bertz CT molecular complexity index is 216. The van der Waals surface area contributed by atoms with Crippen LogP contribution in [0, 0.1) is 0 Å². The van der Waals surface area contributed by atoms with Crippen molar-refractivity contribution in [3.05, 3.63) is 12.7 Å². The Balaban J connectivity index is 3.21. The zero-order valence-corrected chi connectivity index (χ0v) is 7.38. The van der Waals surface area contributed by atoms with E-state index in [0.29, 0.717) is 6.42 Å². The number of nitrogens with one attached hydrogen (secondary N) is 1. The molecule has 6 heteroatoms.